The number of likely N-dealkylation sites (tertiary alicyclic amines) is 1. The number of aryl methyl sites for hydroxylation is 1. The van der Waals surface area contributed by atoms with Crippen molar-refractivity contribution in [2.24, 2.45) is 5.92 Å². The predicted octanol–water partition coefficient (Wildman–Crippen LogP) is 3.35. The number of rotatable bonds is 6. The number of amides is 1. The fraction of sp³-hybridized carbons (Fsp3) is 0.391. The fourth-order valence-corrected chi connectivity index (χ4v) is 4.16. The molecule has 6 heteroatoms. The van der Waals surface area contributed by atoms with Crippen LogP contribution in [0.25, 0.3) is 11.1 Å². The van der Waals surface area contributed by atoms with E-state index in [2.05, 4.69) is 0 Å². The zero-order chi connectivity index (χ0) is 20.2. The van der Waals surface area contributed by atoms with E-state index in [-0.39, 0.29) is 17.6 Å². The molecule has 0 bridgehead atoms. The van der Waals surface area contributed by atoms with Crippen LogP contribution in [0, 0.1) is 5.92 Å². The Bertz CT molecular complexity index is 1020. The molecule has 4 rings (SSSR count). The topological polar surface area (TPSA) is 75.7 Å². The molecule has 1 aliphatic heterocycles. The predicted molar refractivity (Wildman–Crippen MR) is 110 cm³/mol. The maximum atomic E-state index is 12.6. The number of aliphatic hydroxyl groups is 1. The van der Waals surface area contributed by atoms with Gasteiger partial charge in [0.2, 0.25) is 5.91 Å². The molecule has 0 saturated carbocycles. The number of carbonyl (C=O) groups is 1. The number of para-hydroxylation sites is 2. The van der Waals surface area contributed by atoms with Crippen molar-refractivity contribution in [2.45, 2.75) is 38.3 Å². The van der Waals surface area contributed by atoms with Gasteiger partial charge >= 0.3 is 5.76 Å². The van der Waals surface area contributed by atoms with Crippen LogP contribution in [0.15, 0.2) is 63.8 Å². The molecule has 1 N–H and O–H groups in total. The lowest BCUT2D eigenvalue weighted by Crippen LogP contribution is -2.39. The van der Waals surface area contributed by atoms with Crippen molar-refractivity contribution < 1.29 is 14.3 Å². The summed E-state index contributed by atoms with van der Waals surface area (Å²) in [5, 5.41) is 10.6. The number of hydrogen-bond acceptors (Lipinski definition) is 4. The summed E-state index contributed by atoms with van der Waals surface area (Å²) in [7, 11) is 0. The van der Waals surface area contributed by atoms with Gasteiger partial charge in [0.15, 0.2) is 5.58 Å². The zero-order valence-corrected chi connectivity index (χ0v) is 16.4. The average molecular weight is 394 g/mol. The molecule has 1 fully saturated rings. The number of nitrogens with zero attached hydrogens (tertiary/aromatic N) is 2. The normalized spacial score (nSPS) is 16.2. The van der Waals surface area contributed by atoms with Crippen LogP contribution in [0.5, 0.6) is 0 Å². The molecule has 2 aromatic carbocycles. The smallest absolute Gasteiger partial charge is 0.408 e. The highest BCUT2D eigenvalue weighted by Crippen LogP contribution is 2.30. The fourth-order valence-electron chi connectivity index (χ4n) is 4.16. The second kappa shape index (κ2) is 8.66. The Balaban J connectivity index is 1.27. The Labute approximate surface area is 169 Å². The van der Waals surface area contributed by atoms with Gasteiger partial charge in [0, 0.05) is 26.1 Å². The molecule has 152 valence electrons. The second-order valence-corrected chi connectivity index (χ2v) is 7.66. The summed E-state index contributed by atoms with van der Waals surface area (Å²) in [6.45, 7) is 1.80. The van der Waals surface area contributed by atoms with Gasteiger partial charge in [-0.2, -0.15) is 0 Å². The van der Waals surface area contributed by atoms with Crippen molar-refractivity contribution in [2.75, 3.05) is 13.1 Å². The molecule has 6 nitrogen and oxygen atoms in total. The van der Waals surface area contributed by atoms with Gasteiger partial charge in [0.1, 0.15) is 0 Å². The number of aliphatic hydroxyl groups excluding tert-OH is 1. The maximum Gasteiger partial charge on any atom is 0.419 e. The van der Waals surface area contributed by atoms with E-state index in [1.807, 2.05) is 53.4 Å². The van der Waals surface area contributed by atoms with Crippen molar-refractivity contribution in [1.82, 2.24) is 9.47 Å². The Morgan fingerprint density at radius 2 is 1.76 bits per heavy atom. The van der Waals surface area contributed by atoms with Crippen LogP contribution in [0.1, 0.15) is 37.4 Å². The van der Waals surface area contributed by atoms with Crippen LogP contribution in [-0.2, 0) is 11.3 Å². The molecule has 0 aliphatic carbocycles. The van der Waals surface area contributed by atoms with Gasteiger partial charge in [-0.15, -0.1) is 0 Å². The monoisotopic (exact) mass is 394 g/mol. The van der Waals surface area contributed by atoms with Crippen molar-refractivity contribution in [3.05, 3.63) is 70.7 Å². The maximum absolute atomic E-state index is 12.6. The van der Waals surface area contributed by atoms with Gasteiger partial charge < -0.3 is 14.4 Å². The quantitative estimate of drug-likeness (QED) is 0.696. The largest absolute Gasteiger partial charge is 0.419 e. The number of benzene rings is 2. The first-order chi connectivity index (χ1) is 14.1. The minimum Gasteiger partial charge on any atom is -0.408 e. The van der Waals surface area contributed by atoms with Gasteiger partial charge in [-0.1, -0.05) is 42.5 Å². The molecule has 1 saturated heterocycles. The SMILES string of the molecule is O=C(CCCn1c(=O)oc2ccccc21)N1CCC(C(O)c2ccccc2)CC1. The number of hydrogen-bond donors (Lipinski definition) is 1. The average Bonchev–Trinajstić information content (AvgIpc) is 3.09. The number of aromatic nitrogens is 1. The van der Waals surface area contributed by atoms with E-state index in [0.717, 1.165) is 23.9 Å². The lowest BCUT2D eigenvalue weighted by Gasteiger charge is -2.34. The molecule has 2 heterocycles. The number of carbonyl (C=O) groups excluding carboxylic acids is 1. The van der Waals surface area contributed by atoms with Gasteiger partial charge in [0.05, 0.1) is 11.6 Å². The first-order valence-electron chi connectivity index (χ1n) is 10.2. The van der Waals surface area contributed by atoms with Gasteiger partial charge in [-0.25, -0.2) is 4.79 Å². The summed E-state index contributed by atoms with van der Waals surface area (Å²) in [4.78, 5) is 26.5. The number of oxazole rings is 1. The van der Waals surface area contributed by atoms with Gasteiger partial charge in [0.25, 0.3) is 0 Å². The van der Waals surface area contributed by atoms with Crippen molar-refractivity contribution in [3.8, 4) is 0 Å². The molecule has 1 unspecified atom stereocenters. The lowest BCUT2D eigenvalue weighted by atomic mass is 9.87. The third-order valence-corrected chi connectivity index (χ3v) is 5.83. The summed E-state index contributed by atoms with van der Waals surface area (Å²) >= 11 is 0. The van der Waals surface area contributed by atoms with Crippen LogP contribution in [0.4, 0.5) is 0 Å². The van der Waals surface area contributed by atoms with E-state index < -0.39 is 6.10 Å². The highest BCUT2D eigenvalue weighted by Gasteiger charge is 2.28. The molecule has 0 spiro atoms. The molecule has 1 atom stereocenters. The molecule has 3 aromatic rings. The molecular weight excluding hydrogens is 368 g/mol. The zero-order valence-electron chi connectivity index (χ0n) is 16.4. The Morgan fingerprint density at radius 3 is 2.52 bits per heavy atom. The minimum atomic E-state index is -0.477. The number of piperidine rings is 1. The molecule has 1 aromatic heterocycles. The standard InChI is InChI=1S/C23H26N2O4/c26-21(11-6-14-25-19-9-4-5-10-20(19)29-23(25)28)24-15-12-18(13-16-24)22(27)17-7-2-1-3-8-17/h1-5,7-10,18,22,27H,6,11-16H2. The van der Waals surface area contributed by atoms with E-state index in [1.54, 1.807) is 10.6 Å². The van der Waals surface area contributed by atoms with E-state index >= 15 is 0 Å². The molecule has 29 heavy (non-hydrogen) atoms. The lowest BCUT2D eigenvalue weighted by molar-refractivity contribution is -0.133. The molecule has 1 amide bonds. The van der Waals surface area contributed by atoms with Crippen LogP contribution >= 0.6 is 0 Å². The molecule has 1 aliphatic rings. The van der Waals surface area contributed by atoms with E-state index in [0.29, 0.717) is 38.1 Å². The summed E-state index contributed by atoms with van der Waals surface area (Å²) in [6, 6.07) is 17.0. The van der Waals surface area contributed by atoms with Crippen molar-refractivity contribution >= 4 is 17.0 Å². The second-order valence-electron chi connectivity index (χ2n) is 7.66. The van der Waals surface area contributed by atoms with Crippen LogP contribution in [0.2, 0.25) is 0 Å². The van der Waals surface area contributed by atoms with E-state index in [4.69, 9.17) is 4.42 Å². The number of fused-ring (bicyclic) bond motifs is 1. The first-order valence-corrected chi connectivity index (χ1v) is 10.2. The summed E-state index contributed by atoms with van der Waals surface area (Å²) in [6.07, 6.45) is 2.11. The third-order valence-electron chi connectivity index (χ3n) is 5.83. The Kier molecular flexibility index (Phi) is 5.81. The van der Waals surface area contributed by atoms with Crippen molar-refractivity contribution in [1.29, 1.82) is 0 Å². The highest BCUT2D eigenvalue weighted by atomic mass is 16.4. The summed E-state index contributed by atoms with van der Waals surface area (Å²) in [5.74, 6) is -0.0924. The third kappa shape index (κ3) is 4.27. The minimum absolute atomic E-state index is 0.110. The summed E-state index contributed by atoms with van der Waals surface area (Å²) in [5.41, 5.74) is 2.28. The van der Waals surface area contributed by atoms with E-state index in [1.165, 1.54) is 0 Å². The van der Waals surface area contributed by atoms with Crippen molar-refractivity contribution in [3.63, 3.8) is 0 Å². The van der Waals surface area contributed by atoms with Gasteiger partial charge in [-0.05, 0) is 42.9 Å². The van der Waals surface area contributed by atoms with Crippen LogP contribution in [-0.4, -0.2) is 33.6 Å². The Hall–Kier alpha value is -2.86. The van der Waals surface area contributed by atoms with Crippen LogP contribution < -0.4 is 5.76 Å². The molecule has 0 radical (unpaired) electrons. The summed E-state index contributed by atoms with van der Waals surface area (Å²) < 4.78 is 6.82. The highest BCUT2D eigenvalue weighted by molar-refractivity contribution is 5.76. The Morgan fingerprint density at radius 1 is 1.07 bits per heavy atom. The molecular formula is C23H26N2O4. The first kappa shape index (κ1) is 19.5. The van der Waals surface area contributed by atoms with E-state index in [9.17, 15) is 14.7 Å². The van der Waals surface area contributed by atoms with Gasteiger partial charge in [-0.3, -0.25) is 9.36 Å². The van der Waals surface area contributed by atoms with Crippen LogP contribution in [0.3, 0.4) is 0 Å².